The van der Waals surface area contributed by atoms with Gasteiger partial charge in [-0.05, 0) is 19.8 Å². The first-order valence-corrected chi connectivity index (χ1v) is 5.51. The van der Waals surface area contributed by atoms with Crippen LogP contribution in [0.5, 0.6) is 0 Å². The molecule has 0 fully saturated rings. The van der Waals surface area contributed by atoms with E-state index in [9.17, 15) is 4.79 Å². The first-order chi connectivity index (χ1) is 7.58. The highest BCUT2D eigenvalue weighted by atomic mass is 35.5. The fourth-order valence-electron chi connectivity index (χ4n) is 1.59. The molecule has 0 saturated heterocycles. The molecule has 0 atom stereocenters. The van der Waals surface area contributed by atoms with Crippen molar-refractivity contribution in [2.45, 2.75) is 39.2 Å². The van der Waals surface area contributed by atoms with Gasteiger partial charge in [-0.15, -0.1) is 12.4 Å². The van der Waals surface area contributed by atoms with Gasteiger partial charge in [0.2, 0.25) is 0 Å². The molecular weight excluding hydrogens is 242 g/mol. The normalized spacial score (nSPS) is 10.8. The number of nitrogens with one attached hydrogen (secondary N) is 1. The summed E-state index contributed by atoms with van der Waals surface area (Å²) in [6.07, 6.45) is 2.86. The number of nitrogens with two attached hydrogens (primary N) is 1. The molecule has 0 spiro atoms. The molecule has 1 rings (SSSR count). The minimum Gasteiger partial charge on any atom is -0.448 e. The van der Waals surface area contributed by atoms with Crippen molar-refractivity contribution in [2.75, 3.05) is 6.54 Å². The van der Waals surface area contributed by atoms with E-state index in [1.807, 2.05) is 13.8 Å². The number of rotatable bonds is 5. The molecule has 1 heterocycles. The second-order valence-electron chi connectivity index (χ2n) is 3.90. The summed E-state index contributed by atoms with van der Waals surface area (Å²) in [4.78, 5) is 15.8. The average molecular weight is 262 g/mol. The van der Waals surface area contributed by atoms with Gasteiger partial charge < -0.3 is 15.5 Å². The molecule has 0 saturated carbocycles. The molecule has 5 nitrogen and oxygen atoms in total. The van der Waals surface area contributed by atoms with E-state index in [0.29, 0.717) is 18.0 Å². The smallest absolute Gasteiger partial charge is 0.273 e. The predicted octanol–water partition coefficient (Wildman–Crippen LogP) is 1.65. The van der Waals surface area contributed by atoms with Crippen LogP contribution >= 0.6 is 12.4 Å². The molecule has 0 bridgehead atoms. The topological polar surface area (TPSA) is 81.1 Å². The van der Waals surface area contributed by atoms with Crippen LogP contribution < -0.4 is 11.1 Å². The van der Waals surface area contributed by atoms with Gasteiger partial charge in [0, 0.05) is 6.54 Å². The second kappa shape index (κ2) is 6.61. The third-order valence-electron chi connectivity index (χ3n) is 3.08. The molecule has 3 N–H and O–H groups in total. The fraction of sp³-hybridized carbons (Fsp3) is 0.636. The molecule has 6 heteroatoms. The molecule has 1 aromatic rings. The maximum absolute atomic E-state index is 11.9. The highest BCUT2D eigenvalue weighted by molar-refractivity contribution is 5.93. The van der Waals surface area contributed by atoms with E-state index in [4.69, 9.17) is 10.2 Å². The quantitative estimate of drug-likeness (QED) is 0.845. The molecular formula is C11H20ClN3O2. The Hall–Kier alpha value is -1.07. The van der Waals surface area contributed by atoms with E-state index >= 15 is 0 Å². The van der Waals surface area contributed by atoms with Crippen LogP contribution in [0.3, 0.4) is 0 Å². The van der Waals surface area contributed by atoms with E-state index in [1.54, 1.807) is 6.92 Å². The Morgan fingerprint density at radius 1 is 1.53 bits per heavy atom. The number of oxazole rings is 1. The van der Waals surface area contributed by atoms with Gasteiger partial charge in [0.25, 0.3) is 5.91 Å². The summed E-state index contributed by atoms with van der Waals surface area (Å²) in [7, 11) is 0. The number of hydrogen-bond donors (Lipinski definition) is 2. The lowest BCUT2D eigenvalue weighted by molar-refractivity contribution is 0.0889. The van der Waals surface area contributed by atoms with Crippen LogP contribution in [0.25, 0.3) is 0 Å². The highest BCUT2D eigenvalue weighted by Gasteiger charge is 2.28. The number of carbonyl (C=O) groups is 1. The third kappa shape index (κ3) is 3.44. The summed E-state index contributed by atoms with van der Waals surface area (Å²) in [6.45, 7) is 6.14. The van der Waals surface area contributed by atoms with Crippen molar-refractivity contribution in [1.29, 1.82) is 0 Å². The molecule has 0 aromatic carbocycles. The van der Waals surface area contributed by atoms with Gasteiger partial charge in [0.05, 0.1) is 5.54 Å². The number of carbonyl (C=O) groups excluding carboxylic acids is 1. The van der Waals surface area contributed by atoms with Crippen molar-refractivity contribution in [3.63, 3.8) is 0 Å². The molecule has 0 radical (unpaired) electrons. The van der Waals surface area contributed by atoms with Crippen molar-refractivity contribution in [1.82, 2.24) is 10.3 Å². The minimum atomic E-state index is -0.345. The first kappa shape index (κ1) is 15.9. The average Bonchev–Trinajstić information content (AvgIpc) is 2.72. The van der Waals surface area contributed by atoms with Crippen LogP contribution in [0, 0.1) is 6.92 Å². The Morgan fingerprint density at radius 3 is 2.47 bits per heavy atom. The number of amides is 1. The lowest BCUT2D eigenvalue weighted by atomic mass is 9.93. The number of hydrogen-bond acceptors (Lipinski definition) is 4. The molecule has 0 aliphatic carbocycles. The van der Waals surface area contributed by atoms with Gasteiger partial charge in [0.15, 0.2) is 12.1 Å². The number of nitrogens with zero attached hydrogens (tertiary/aromatic N) is 1. The third-order valence-corrected chi connectivity index (χ3v) is 3.08. The van der Waals surface area contributed by atoms with E-state index in [-0.39, 0.29) is 23.9 Å². The van der Waals surface area contributed by atoms with Crippen LogP contribution in [-0.4, -0.2) is 23.0 Å². The predicted molar refractivity (Wildman–Crippen MR) is 68.3 cm³/mol. The van der Waals surface area contributed by atoms with Crippen LogP contribution in [-0.2, 0) is 0 Å². The summed E-state index contributed by atoms with van der Waals surface area (Å²) in [5.74, 6) is 0.302. The first-order valence-electron chi connectivity index (χ1n) is 5.51. The lowest BCUT2D eigenvalue weighted by Crippen LogP contribution is -2.53. The van der Waals surface area contributed by atoms with Crippen LogP contribution in [0.15, 0.2) is 10.8 Å². The largest absolute Gasteiger partial charge is 0.448 e. The Morgan fingerprint density at radius 2 is 2.12 bits per heavy atom. The fourth-order valence-corrected chi connectivity index (χ4v) is 1.59. The van der Waals surface area contributed by atoms with Crippen LogP contribution in [0.2, 0.25) is 0 Å². The number of aromatic nitrogens is 1. The molecule has 98 valence electrons. The Labute approximate surface area is 108 Å². The van der Waals surface area contributed by atoms with Crippen LogP contribution in [0.1, 0.15) is 42.9 Å². The van der Waals surface area contributed by atoms with E-state index < -0.39 is 0 Å². The second-order valence-corrected chi connectivity index (χ2v) is 3.90. The van der Waals surface area contributed by atoms with Crippen molar-refractivity contribution in [2.24, 2.45) is 5.73 Å². The summed E-state index contributed by atoms with van der Waals surface area (Å²) in [6, 6.07) is 0. The lowest BCUT2D eigenvalue weighted by Gasteiger charge is -2.31. The highest BCUT2D eigenvalue weighted by Crippen LogP contribution is 2.15. The van der Waals surface area contributed by atoms with Gasteiger partial charge in [-0.25, -0.2) is 4.98 Å². The van der Waals surface area contributed by atoms with Gasteiger partial charge >= 0.3 is 0 Å². The summed E-state index contributed by atoms with van der Waals surface area (Å²) < 4.78 is 5.00. The maximum Gasteiger partial charge on any atom is 0.273 e. The molecule has 0 unspecified atom stereocenters. The van der Waals surface area contributed by atoms with Crippen molar-refractivity contribution in [3.05, 3.63) is 17.8 Å². The molecule has 17 heavy (non-hydrogen) atoms. The zero-order valence-corrected chi connectivity index (χ0v) is 11.3. The molecule has 0 aliphatic rings. The summed E-state index contributed by atoms with van der Waals surface area (Å²) in [5, 5.41) is 2.94. The SMILES string of the molecule is CCC(CC)(CN)NC(=O)c1ncoc1C.Cl. The minimum absolute atomic E-state index is 0. The Bertz CT molecular complexity index is 353. The number of halogens is 1. The van der Waals surface area contributed by atoms with E-state index in [1.165, 1.54) is 6.39 Å². The Kier molecular flexibility index (Phi) is 6.20. The summed E-state index contributed by atoms with van der Waals surface area (Å²) in [5.41, 5.74) is 5.70. The molecule has 0 aliphatic heterocycles. The van der Waals surface area contributed by atoms with Crippen molar-refractivity contribution in [3.8, 4) is 0 Å². The van der Waals surface area contributed by atoms with Gasteiger partial charge in [-0.1, -0.05) is 13.8 Å². The standard InChI is InChI=1S/C11H19N3O2.ClH/c1-4-11(5-2,6-12)14-10(15)9-8(3)16-7-13-9;/h7H,4-6,12H2,1-3H3,(H,14,15);1H. The van der Waals surface area contributed by atoms with Crippen molar-refractivity contribution < 1.29 is 9.21 Å². The maximum atomic E-state index is 11.9. The van der Waals surface area contributed by atoms with Gasteiger partial charge in [-0.3, -0.25) is 4.79 Å². The van der Waals surface area contributed by atoms with E-state index in [0.717, 1.165) is 12.8 Å². The monoisotopic (exact) mass is 261 g/mol. The molecule has 1 aromatic heterocycles. The van der Waals surface area contributed by atoms with Gasteiger partial charge in [-0.2, -0.15) is 0 Å². The van der Waals surface area contributed by atoms with Crippen LogP contribution in [0.4, 0.5) is 0 Å². The van der Waals surface area contributed by atoms with Gasteiger partial charge in [0.1, 0.15) is 5.76 Å². The summed E-state index contributed by atoms with van der Waals surface area (Å²) >= 11 is 0. The van der Waals surface area contributed by atoms with E-state index in [2.05, 4.69) is 10.3 Å². The Balaban J connectivity index is 0.00000256. The molecule has 1 amide bonds. The van der Waals surface area contributed by atoms with Crippen molar-refractivity contribution >= 4 is 18.3 Å². The zero-order valence-electron chi connectivity index (χ0n) is 10.4. The number of aryl methyl sites for hydroxylation is 1. The zero-order chi connectivity index (χ0) is 12.2.